The Morgan fingerprint density at radius 3 is 2.32 bits per heavy atom. The molecule has 0 amide bonds. The van der Waals surface area contributed by atoms with E-state index in [2.05, 4.69) is 0 Å². The van der Waals surface area contributed by atoms with Crippen LogP contribution in [-0.2, 0) is 6.61 Å². The lowest BCUT2D eigenvalue weighted by Crippen LogP contribution is -2.26. The Bertz CT molecular complexity index is 532. The van der Waals surface area contributed by atoms with Gasteiger partial charge < -0.3 is 10.5 Å². The van der Waals surface area contributed by atoms with Crippen molar-refractivity contribution in [3.05, 3.63) is 65.7 Å². The van der Waals surface area contributed by atoms with Crippen LogP contribution in [0.15, 0.2) is 54.6 Å². The van der Waals surface area contributed by atoms with Crippen molar-refractivity contribution >= 4 is 5.78 Å². The summed E-state index contributed by atoms with van der Waals surface area (Å²) in [6, 6.07) is 16.5. The molecule has 2 aromatic carbocycles. The average molecular weight is 255 g/mol. The molecular formula is C16H17NO2. The smallest absolute Gasteiger partial charge is 0.179 e. The molecule has 0 saturated heterocycles. The standard InChI is InChI=1S/C16H17NO2/c1-12(17)16(18)14-7-9-15(10-8-14)19-11-13-5-3-2-4-6-13/h2-10,12H,11,17H2,1H3. The van der Waals surface area contributed by atoms with Gasteiger partial charge in [0.25, 0.3) is 0 Å². The number of hydrogen-bond acceptors (Lipinski definition) is 3. The number of carbonyl (C=O) groups excluding carboxylic acids is 1. The molecule has 0 aliphatic heterocycles. The predicted molar refractivity (Wildman–Crippen MR) is 75.2 cm³/mol. The second kappa shape index (κ2) is 6.16. The number of ether oxygens (including phenoxy) is 1. The van der Waals surface area contributed by atoms with Crippen molar-refractivity contribution in [2.45, 2.75) is 19.6 Å². The van der Waals surface area contributed by atoms with E-state index in [4.69, 9.17) is 10.5 Å². The van der Waals surface area contributed by atoms with Crippen LogP contribution in [-0.4, -0.2) is 11.8 Å². The Morgan fingerprint density at radius 1 is 1.11 bits per heavy atom. The van der Waals surface area contributed by atoms with Crippen molar-refractivity contribution in [3.8, 4) is 5.75 Å². The Labute approximate surface area is 113 Å². The fraction of sp³-hybridized carbons (Fsp3) is 0.188. The van der Waals surface area contributed by atoms with Crippen LogP contribution >= 0.6 is 0 Å². The highest BCUT2D eigenvalue weighted by Crippen LogP contribution is 2.15. The Balaban J connectivity index is 1.98. The second-order valence-corrected chi connectivity index (χ2v) is 4.45. The summed E-state index contributed by atoms with van der Waals surface area (Å²) in [5.74, 6) is 0.680. The van der Waals surface area contributed by atoms with Gasteiger partial charge in [0.2, 0.25) is 0 Å². The number of benzene rings is 2. The summed E-state index contributed by atoms with van der Waals surface area (Å²) >= 11 is 0. The number of Topliss-reactive ketones (excluding diaryl/α,β-unsaturated/α-hetero) is 1. The zero-order valence-electron chi connectivity index (χ0n) is 10.9. The molecule has 0 aliphatic rings. The lowest BCUT2D eigenvalue weighted by atomic mass is 10.1. The summed E-state index contributed by atoms with van der Waals surface area (Å²) in [6.07, 6.45) is 0. The average Bonchev–Trinajstić information content (AvgIpc) is 2.46. The monoisotopic (exact) mass is 255 g/mol. The van der Waals surface area contributed by atoms with E-state index < -0.39 is 6.04 Å². The van der Waals surface area contributed by atoms with E-state index in [1.54, 1.807) is 31.2 Å². The van der Waals surface area contributed by atoms with Gasteiger partial charge in [-0.2, -0.15) is 0 Å². The van der Waals surface area contributed by atoms with Gasteiger partial charge in [0.1, 0.15) is 12.4 Å². The van der Waals surface area contributed by atoms with Crippen LogP contribution in [0.25, 0.3) is 0 Å². The lowest BCUT2D eigenvalue weighted by molar-refractivity contribution is 0.0968. The number of nitrogens with two attached hydrogens (primary N) is 1. The van der Waals surface area contributed by atoms with Gasteiger partial charge in [-0.3, -0.25) is 4.79 Å². The predicted octanol–water partition coefficient (Wildman–Crippen LogP) is 2.80. The van der Waals surface area contributed by atoms with Gasteiger partial charge in [-0.05, 0) is 36.8 Å². The minimum Gasteiger partial charge on any atom is -0.489 e. The maximum absolute atomic E-state index is 11.7. The zero-order chi connectivity index (χ0) is 13.7. The quantitative estimate of drug-likeness (QED) is 0.836. The van der Waals surface area contributed by atoms with Crippen LogP contribution in [0.4, 0.5) is 0 Å². The summed E-state index contributed by atoms with van der Waals surface area (Å²) in [7, 11) is 0. The Morgan fingerprint density at radius 2 is 1.74 bits per heavy atom. The number of hydrogen-bond donors (Lipinski definition) is 1. The number of carbonyl (C=O) groups is 1. The molecule has 0 radical (unpaired) electrons. The molecule has 0 saturated carbocycles. The molecule has 3 heteroatoms. The molecule has 0 bridgehead atoms. The second-order valence-electron chi connectivity index (χ2n) is 4.45. The van der Waals surface area contributed by atoms with Crippen LogP contribution in [0.1, 0.15) is 22.8 Å². The fourth-order valence-corrected chi connectivity index (χ4v) is 1.72. The molecule has 0 aromatic heterocycles. The first kappa shape index (κ1) is 13.3. The van der Waals surface area contributed by atoms with Gasteiger partial charge >= 0.3 is 0 Å². The first-order valence-electron chi connectivity index (χ1n) is 6.23. The molecule has 98 valence electrons. The Hall–Kier alpha value is -2.13. The first-order chi connectivity index (χ1) is 9.16. The van der Waals surface area contributed by atoms with Crippen molar-refractivity contribution in [3.63, 3.8) is 0 Å². The topological polar surface area (TPSA) is 52.3 Å². The highest BCUT2D eigenvalue weighted by Gasteiger charge is 2.10. The van der Waals surface area contributed by atoms with Crippen molar-refractivity contribution in [1.29, 1.82) is 0 Å². The summed E-state index contributed by atoms with van der Waals surface area (Å²) in [6.45, 7) is 2.20. The van der Waals surface area contributed by atoms with Gasteiger partial charge in [0.05, 0.1) is 6.04 Å². The van der Waals surface area contributed by atoms with Crippen LogP contribution in [0.5, 0.6) is 5.75 Å². The maximum Gasteiger partial charge on any atom is 0.179 e. The molecule has 2 rings (SSSR count). The third-order valence-electron chi connectivity index (χ3n) is 2.80. The van der Waals surface area contributed by atoms with Gasteiger partial charge in [-0.1, -0.05) is 30.3 Å². The molecule has 0 fully saturated rings. The minimum absolute atomic E-state index is 0.0605. The summed E-state index contributed by atoms with van der Waals surface area (Å²) in [4.78, 5) is 11.7. The Kier molecular flexibility index (Phi) is 4.31. The summed E-state index contributed by atoms with van der Waals surface area (Å²) in [5, 5.41) is 0. The largest absolute Gasteiger partial charge is 0.489 e. The van der Waals surface area contributed by atoms with E-state index in [0.29, 0.717) is 12.2 Å². The van der Waals surface area contributed by atoms with E-state index in [1.165, 1.54) is 0 Å². The van der Waals surface area contributed by atoms with E-state index in [-0.39, 0.29) is 5.78 Å². The lowest BCUT2D eigenvalue weighted by Gasteiger charge is -2.08. The minimum atomic E-state index is -0.476. The molecule has 2 N–H and O–H groups in total. The SMILES string of the molecule is CC(N)C(=O)c1ccc(OCc2ccccc2)cc1. The fourth-order valence-electron chi connectivity index (χ4n) is 1.72. The zero-order valence-corrected chi connectivity index (χ0v) is 10.9. The van der Waals surface area contributed by atoms with Crippen LogP contribution in [0, 0.1) is 0 Å². The summed E-state index contributed by atoms with van der Waals surface area (Å²) in [5.41, 5.74) is 7.28. The molecular weight excluding hydrogens is 238 g/mol. The van der Waals surface area contributed by atoms with Crippen molar-refractivity contribution < 1.29 is 9.53 Å². The molecule has 1 atom stereocenters. The third kappa shape index (κ3) is 3.66. The molecule has 0 spiro atoms. The first-order valence-corrected chi connectivity index (χ1v) is 6.23. The third-order valence-corrected chi connectivity index (χ3v) is 2.80. The van der Waals surface area contributed by atoms with Crippen LogP contribution in [0.2, 0.25) is 0 Å². The highest BCUT2D eigenvalue weighted by atomic mass is 16.5. The van der Waals surface area contributed by atoms with Crippen molar-refractivity contribution in [2.75, 3.05) is 0 Å². The molecule has 0 heterocycles. The molecule has 19 heavy (non-hydrogen) atoms. The summed E-state index contributed by atoms with van der Waals surface area (Å²) < 4.78 is 5.64. The normalized spacial score (nSPS) is 11.9. The van der Waals surface area contributed by atoms with E-state index in [1.807, 2.05) is 30.3 Å². The van der Waals surface area contributed by atoms with Crippen LogP contribution in [0.3, 0.4) is 0 Å². The van der Waals surface area contributed by atoms with Gasteiger partial charge in [0.15, 0.2) is 5.78 Å². The molecule has 3 nitrogen and oxygen atoms in total. The molecule has 2 aromatic rings. The highest BCUT2D eigenvalue weighted by molar-refractivity contribution is 5.99. The molecule has 0 aliphatic carbocycles. The van der Waals surface area contributed by atoms with E-state index in [0.717, 1.165) is 11.3 Å². The number of rotatable bonds is 5. The van der Waals surface area contributed by atoms with Crippen molar-refractivity contribution in [2.24, 2.45) is 5.73 Å². The maximum atomic E-state index is 11.7. The van der Waals surface area contributed by atoms with E-state index in [9.17, 15) is 4.79 Å². The van der Waals surface area contributed by atoms with Crippen LogP contribution < -0.4 is 10.5 Å². The van der Waals surface area contributed by atoms with Gasteiger partial charge in [-0.15, -0.1) is 0 Å². The van der Waals surface area contributed by atoms with Crippen molar-refractivity contribution in [1.82, 2.24) is 0 Å². The van der Waals surface area contributed by atoms with Gasteiger partial charge in [-0.25, -0.2) is 0 Å². The molecule has 1 unspecified atom stereocenters. The van der Waals surface area contributed by atoms with Gasteiger partial charge in [0, 0.05) is 5.56 Å². The van der Waals surface area contributed by atoms with E-state index >= 15 is 0 Å². The number of ketones is 1.